The summed E-state index contributed by atoms with van der Waals surface area (Å²) < 4.78 is 9.71. The van der Waals surface area contributed by atoms with Crippen molar-refractivity contribution in [3.8, 4) is 0 Å². The van der Waals surface area contributed by atoms with Gasteiger partial charge in [0.05, 0.1) is 12.7 Å². The van der Waals surface area contributed by atoms with Crippen LogP contribution in [0.2, 0.25) is 0 Å². The van der Waals surface area contributed by atoms with Crippen LogP contribution >= 0.6 is 0 Å². The Balaban J connectivity index is 0.000000323. The van der Waals surface area contributed by atoms with E-state index >= 15 is 0 Å². The van der Waals surface area contributed by atoms with Gasteiger partial charge in [0.15, 0.2) is 6.04 Å². The summed E-state index contributed by atoms with van der Waals surface area (Å²) in [5.74, 6) is -1.90. The van der Waals surface area contributed by atoms with E-state index in [1.807, 2.05) is 41.7 Å². The molecule has 32 heavy (non-hydrogen) atoms. The molecular weight excluding hydrogens is 420 g/mol. The molecular formula is C22H28N2O8. The molecule has 3 atom stereocenters. The molecule has 2 rings (SSSR count). The summed E-state index contributed by atoms with van der Waals surface area (Å²) in [6.07, 6.45) is -1.77. The molecule has 2 aromatic rings. The van der Waals surface area contributed by atoms with Crippen LogP contribution in [0.1, 0.15) is 18.1 Å². The number of benzene rings is 2. The minimum Gasteiger partial charge on any atom is -0.480 e. The highest BCUT2D eigenvalue weighted by atomic mass is 16.5. The summed E-state index contributed by atoms with van der Waals surface area (Å²) in [7, 11) is 0. The van der Waals surface area contributed by atoms with E-state index < -0.39 is 42.8 Å². The summed E-state index contributed by atoms with van der Waals surface area (Å²) in [4.78, 5) is 32.9. The summed E-state index contributed by atoms with van der Waals surface area (Å²) >= 11 is 0. The van der Waals surface area contributed by atoms with E-state index in [1.54, 1.807) is 24.3 Å². The number of hydrogen-bond acceptors (Lipinski definition) is 8. The second-order valence-corrected chi connectivity index (χ2v) is 6.64. The zero-order chi connectivity index (χ0) is 23.9. The zero-order valence-corrected chi connectivity index (χ0v) is 17.6. The van der Waals surface area contributed by atoms with Gasteiger partial charge in [0.2, 0.25) is 0 Å². The Kier molecular flexibility index (Phi) is 12.1. The first-order valence-electron chi connectivity index (χ1n) is 9.69. The fraction of sp³-hybridized carbons (Fsp3) is 0.318. The molecule has 0 fully saturated rings. The number of rotatable bonds is 9. The second-order valence-electron chi connectivity index (χ2n) is 6.64. The first kappa shape index (κ1) is 26.6. The maximum atomic E-state index is 11.3. The van der Waals surface area contributed by atoms with Gasteiger partial charge >= 0.3 is 18.0 Å². The molecule has 0 aliphatic rings. The van der Waals surface area contributed by atoms with Crippen molar-refractivity contribution in [3.63, 3.8) is 0 Å². The summed E-state index contributed by atoms with van der Waals surface area (Å²) in [6, 6.07) is 15.9. The number of nitrogens with two attached hydrogens (primary N) is 1. The lowest BCUT2D eigenvalue weighted by atomic mass is 10.2. The van der Waals surface area contributed by atoms with E-state index in [2.05, 4.69) is 0 Å². The van der Waals surface area contributed by atoms with Crippen LogP contribution in [0.15, 0.2) is 60.7 Å². The van der Waals surface area contributed by atoms with E-state index in [-0.39, 0.29) is 13.2 Å². The molecule has 0 heterocycles. The van der Waals surface area contributed by atoms with Gasteiger partial charge in [0, 0.05) is 0 Å². The van der Waals surface area contributed by atoms with E-state index in [9.17, 15) is 14.4 Å². The van der Waals surface area contributed by atoms with Gasteiger partial charge in [-0.25, -0.2) is 9.59 Å². The molecule has 0 spiro atoms. The van der Waals surface area contributed by atoms with Gasteiger partial charge in [-0.1, -0.05) is 60.7 Å². The van der Waals surface area contributed by atoms with Gasteiger partial charge in [0.1, 0.15) is 19.3 Å². The van der Waals surface area contributed by atoms with Crippen molar-refractivity contribution in [2.75, 3.05) is 6.61 Å². The van der Waals surface area contributed by atoms with E-state index in [0.717, 1.165) is 11.1 Å². The average Bonchev–Trinajstić information content (AvgIpc) is 2.80. The van der Waals surface area contributed by atoms with Gasteiger partial charge in [0.25, 0.3) is 0 Å². The predicted octanol–water partition coefficient (Wildman–Crippen LogP) is 0.796. The van der Waals surface area contributed by atoms with Crippen LogP contribution in [-0.4, -0.2) is 58.1 Å². The predicted molar refractivity (Wildman–Crippen MR) is 114 cm³/mol. The number of amides is 1. The smallest absolute Gasteiger partial charge is 0.408 e. The third kappa shape index (κ3) is 10.5. The molecule has 2 aromatic carbocycles. The molecule has 0 bridgehead atoms. The Morgan fingerprint density at radius 2 is 1.41 bits per heavy atom. The van der Waals surface area contributed by atoms with Crippen LogP contribution in [0.5, 0.6) is 0 Å². The third-order valence-electron chi connectivity index (χ3n) is 4.00. The summed E-state index contributed by atoms with van der Waals surface area (Å²) in [5, 5.41) is 28.3. The largest absolute Gasteiger partial charge is 0.480 e. The number of aliphatic carboxylic acids is 1. The third-order valence-corrected chi connectivity index (χ3v) is 4.00. The number of carbonyl (C=O) groups excluding carboxylic acids is 2. The number of ether oxygens (including phenoxy) is 2. The quantitative estimate of drug-likeness (QED) is 0.348. The number of esters is 1. The molecule has 10 heteroatoms. The number of nitrogens with one attached hydrogen (secondary N) is 1. The van der Waals surface area contributed by atoms with Crippen LogP contribution in [0.3, 0.4) is 0 Å². The Morgan fingerprint density at radius 3 is 1.81 bits per heavy atom. The summed E-state index contributed by atoms with van der Waals surface area (Å²) in [6.45, 7) is 0.995. The Hall–Kier alpha value is -3.47. The van der Waals surface area contributed by atoms with Crippen LogP contribution in [0, 0.1) is 0 Å². The van der Waals surface area contributed by atoms with Crippen molar-refractivity contribution in [2.24, 2.45) is 5.73 Å². The van der Waals surface area contributed by atoms with Gasteiger partial charge in [-0.15, -0.1) is 0 Å². The molecule has 0 radical (unpaired) electrons. The Labute approximate surface area is 185 Å². The molecule has 10 nitrogen and oxygen atoms in total. The first-order chi connectivity index (χ1) is 15.2. The maximum absolute atomic E-state index is 11.3. The minimum atomic E-state index is -1.35. The van der Waals surface area contributed by atoms with E-state index in [4.69, 9.17) is 30.5 Å². The lowest BCUT2D eigenvalue weighted by molar-refractivity contribution is -0.149. The van der Waals surface area contributed by atoms with E-state index in [0.29, 0.717) is 0 Å². The van der Waals surface area contributed by atoms with Crippen LogP contribution in [0.4, 0.5) is 4.79 Å². The highest BCUT2D eigenvalue weighted by Gasteiger charge is 2.20. The molecule has 0 saturated heterocycles. The lowest BCUT2D eigenvalue weighted by Crippen LogP contribution is -2.43. The summed E-state index contributed by atoms with van der Waals surface area (Å²) in [5.41, 5.74) is 7.08. The number of alkyl carbamates (subject to hydrolysis) is 1. The van der Waals surface area contributed by atoms with E-state index in [1.165, 1.54) is 6.92 Å². The standard InChI is InChI=1S/C11H13NO5.C11H15NO3/c13-6-9(10(14)15)12-11(16)17-7-8-4-2-1-3-5-8;1-8(13)10(12)11(14)15-7-9-5-3-2-4-6-9/h1-5,9,13H,6-7H2,(H,12,16)(H,14,15);2-6,8,10,13H,7,12H2,1H3/t9-;8-,10+/m01/s1. The van der Waals surface area contributed by atoms with Crippen molar-refractivity contribution >= 4 is 18.0 Å². The first-order valence-corrected chi connectivity index (χ1v) is 9.69. The van der Waals surface area contributed by atoms with Crippen molar-refractivity contribution in [3.05, 3.63) is 71.8 Å². The maximum Gasteiger partial charge on any atom is 0.408 e. The number of carboxylic acid groups (broad SMARTS) is 1. The topological polar surface area (TPSA) is 168 Å². The molecule has 0 aliphatic heterocycles. The fourth-order valence-corrected chi connectivity index (χ4v) is 2.11. The van der Waals surface area contributed by atoms with Crippen LogP contribution in [-0.2, 0) is 32.3 Å². The Bertz CT molecular complexity index is 830. The van der Waals surface area contributed by atoms with Gasteiger partial charge in [-0.2, -0.15) is 0 Å². The molecule has 174 valence electrons. The van der Waals surface area contributed by atoms with Crippen molar-refractivity contribution in [1.29, 1.82) is 0 Å². The Morgan fingerprint density at radius 1 is 0.938 bits per heavy atom. The number of hydrogen-bond donors (Lipinski definition) is 5. The molecule has 0 unspecified atom stereocenters. The highest BCUT2D eigenvalue weighted by Crippen LogP contribution is 2.03. The number of aliphatic hydroxyl groups excluding tert-OH is 2. The van der Waals surface area contributed by atoms with Crippen LogP contribution < -0.4 is 11.1 Å². The molecule has 0 aliphatic carbocycles. The zero-order valence-electron chi connectivity index (χ0n) is 17.6. The molecule has 0 saturated carbocycles. The average molecular weight is 448 g/mol. The van der Waals surface area contributed by atoms with Crippen molar-refractivity contribution in [1.82, 2.24) is 5.32 Å². The van der Waals surface area contributed by atoms with Gasteiger partial charge < -0.3 is 35.8 Å². The number of aliphatic hydroxyl groups is 2. The van der Waals surface area contributed by atoms with Gasteiger partial charge in [-0.3, -0.25) is 4.79 Å². The fourth-order valence-electron chi connectivity index (χ4n) is 2.11. The monoisotopic (exact) mass is 448 g/mol. The molecule has 6 N–H and O–H groups in total. The highest BCUT2D eigenvalue weighted by molar-refractivity contribution is 5.80. The van der Waals surface area contributed by atoms with Crippen molar-refractivity contribution < 1.29 is 39.2 Å². The second kappa shape index (κ2) is 14.5. The lowest BCUT2D eigenvalue weighted by Gasteiger charge is -2.13. The normalized spacial score (nSPS) is 12.9. The van der Waals surface area contributed by atoms with Crippen LogP contribution in [0.25, 0.3) is 0 Å². The van der Waals surface area contributed by atoms with Crippen molar-refractivity contribution in [2.45, 2.75) is 38.3 Å². The number of carbonyl (C=O) groups is 3. The minimum absolute atomic E-state index is 0.0461. The van der Waals surface area contributed by atoms with Gasteiger partial charge in [-0.05, 0) is 18.1 Å². The number of carboxylic acids is 1. The molecule has 1 amide bonds. The molecule has 0 aromatic heterocycles. The SMILES string of the molecule is C[C@@H](O)[C@H](N)C(=O)OCc1ccccc1.O=C(N[C@@H](CO)C(=O)O)OCc1ccccc1.